The molecule has 0 amide bonds. The van der Waals surface area contributed by atoms with Crippen LogP contribution in [0.5, 0.6) is 11.5 Å². The van der Waals surface area contributed by atoms with Crippen LogP contribution in [0, 0.1) is 0 Å². The first kappa shape index (κ1) is 10.0. The van der Waals surface area contributed by atoms with Gasteiger partial charge in [-0.2, -0.15) is 0 Å². The Morgan fingerprint density at radius 2 is 2.33 bits per heavy atom. The highest BCUT2D eigenvalue weighted by molar-refractivity contribution is 5.54. The van der Waals surface area contributed by atoms with Gasteiger partial charge in [-0.25, -0.2) is 0 Å². The molecule has 0 aliphatic carbocycles. The molecule has 3 heteroatoms. The maximum Gasteiger partial charge on any atom is 0.165 e. The van der Waals surface area contributed by atoms with Crippen LogP contribution >= 0.6 is 0 Å². The van der Waals surface area contributed by atoms with Crippen molar-refractivity contribution in [3.63, 3.8) is 0 Å². The van der Waals surface area contributed by atoms with E-state index < -0.39 is 0 Å². The monoisotopic (exact) mass is 206 g/mol. The summed E-state index contributed by atoms with van der Waals surface area (Å²) in [5.41, 5.74) is 0.964. The first-order valence-electron chi connectivity index (χ1n) is 5.00. The van der Waals surface area contributed by atoms with E-state index in [4.69, 9.17) is 9.47 Å². The van der Waals surface area contributed by atoms with E-state index in [9.17, 15) is 4.79 Å². The second kappa shape index (κ2) is 3.57. The first-order chi connectivity index (χ1) is 7.12. The molecule has 0 N–H and O–H groups in total. The minimum atomic E-state index is -0.178. The lowest BCUT2D eigenvalue weighted by molar-refractivity contribution is -0.109. The third-order valence-corrected chi connectivity index (χ3v) is 2.36. The van der Waals surface area contributed by atoms with Crippen molar-refractivity contribution >= 4 is 6.29 Å². The minimum Gasteiger partial charge on any atom is -0.483 e. The van der Waals surface area contributed by atoms with Crippen LogP contribution < -0.4 is 9.47 Å². The number of carbonyl (C=O) groups is 1. The smallest absolute Gasteiger partial charge is 0.165 e. The van der Waals surface area contributed by atoms with Crippen LogP contribution in [0.4, 0.5) is 0 Å². The summed E-state index contributed by atoms with van der Waals surface area (Å²) in [6.07, 6.45) is 1.61. The van der Waals surface area contributed by atoms with Gasteiger partial charge >= 0.3 is 0 Å². The molecule has 3 nitrogen and oxygen atoms in total. The van der Waals surface area contributed by atoms with Crippen molar-refractivity contribution in [2.45, 2.75) is 25.9 Å². The normalized spacial score (nSPS) is 16.7. The Balaban J connectivity index is 2.29. The fourth-order valence-electron chi connectivity index (χ4n) is 1.82. The average molecular weight is 206 g/mol. The van der Waals surface area contributed by atoms with Crippen LogP contribution in [0.3, 0.4) is 0 Å². The van der Waals surface area contributed by atoms with Crippen LogP contribution in [-0.2, 0) is 11.2 Å². The van der Waals surface area contributed by atoms with Gasteiger partial charge in [0.2, 0.25) is 0 Å². The van der Waals surface area contributed by atoms with Gasteiger partial charge < -0.3 is 9.47 Å². The largest absolute Gasteiger partial charge is 0.483 e. The van der Waals surface area contributed by atoms with E-state index >= 15 is 0 Å². The lowest BCUT2D eigenvalue weighted by Gasteiger charge is -2.17. The van der Waals surface area contributed by atoms with Crippen molar-refractivity contribution in [1.29, 1.82) is 0 Å². The third kappa shape index (κ3) is 1.96. The van der Waals surface area contributed by atoms with Gasteiger partial charge in [-0.3, -0.25) is 4.79 Å². The molecule has 1 heterocycles. The summed E-state index contributed by atoms with van der Waals surface area (Å²) in [5.74, 6) is 1.44. The van der Waals surface area contributed by atoms with E-state index in [1.54, 1.807) is 0 Å². The van der Waals surface area contributed by atoms with Crippen molar-refractivity contribution in [1.82, 2.24) is 0 Å². The van der Waals surface area contributed by atoms with Crippen LogP contribution in [0.25, 0.3) is 0 Å². The van der Waals surface area contributed by atoms with E-state index in [-0.39, 0.29) is 12.2 Å². The molecular formula is C12H14O3. The van der Waals surface area contributed by atoms with Crippen LogP contribution in [-0.4, -0.2) is 18.5 Å². The third-order valence-electron chi connectivity index (χ3n) is 2.36. The van der Waals surface area contributed by atoms with Crippen molar-refractivity contribution in [2.24, 2.45) is 0 Å². The van der Waals surface area contributed by atoms with Crippen molar-refractivity contribution in [3.8, 4) is 11.5 Å². The molecule has 0 atom stereocenters. The number of benzene rings is 1. The molecule has 1 aliphatic rings. The zero-order valence-corrected chi connectivity index (χ0v) is 8.95. The molecule has 1 aromatic carbocycles. The highest BCUT2D eigenvalue weighted by atomic mass is 16.5. The highest BCUT2D eigenvalue weighted by Gasteiger charge is 2.32. The first-order valence-corrected chi connectivity index (χ1v) is 5.00. The molecule has 1 aromatic rings. The number of rotatable bonds is 3. The van der Waals surface area contributed by atoms with Gasteiger partial charge in [0.1, 0.15) is 12.2 Å². The van der Waals surface area contributed by atoms with Crippen LogP contribution in [0.1, 0.15) is 19.4 Å². The SMILES string of the molecule is CC1(C)Cc2cccc(OCC=O)c2O1. The molecule has 0 fully saturated rings. The molecule has 80 valence electrons. The molecule has 0 spiro atoms. The van der Waals surface area contributed by atoms with E-state index in [0.717, 1.165) is 24.0 Å². The topological polar surface area (TPSA) is 35.5 Å². The molecule has 0 radical (unpaired) electrons. The van der Waals surface area contributed by atoms with Gasteiger partial charge in [0, 0.05) is 12.0 Å². The Morgan fingerprint density at radius 3 is 3.07 bits per heavy atom. The highest BCUT2D eigenvalue weighted by Crippen LogP contribution is 2.41. The standard InChI is InChI=1S/C12H14O3/c1-12(2)8-9-4-3-5-10(11(9)15-12)14-7-6-13/h3-6H,7-8H2,1-2H3. The summed E-state index contributed by atoms with van der Waals surface area (Å²) in [7, 11) is 0. The van der Waals surface area contributed by atoms with Crippen molar-refractivity contribution < 1.29 is 14.3 Å². The number of para-hydroxylation sites is 1. The van der Waals surface area contributed by atoms with Gasteiger partial charge in [0.05, 0.1) is 0 Å². The average Bonchev–Trinajstić information content (AvgIpc) is 2.49. The Morgan fingerprint density at radius 1 is 1.53 bits per heavy atom. The number of hydrogen-bond donors (Lipinski definition) is 0. The van der Waals surface area contributed by atoms with E-state index in [1.807, 2.05) is 32.0 Å². The van der Waals surface area contributed by atoms with E-state index in [0.29, 0.717) is 5.75 Å². The Kier molecular flexibility index (Phi) is 2.39. The predicted octanol–water partition coefficient (Wildman–Crippen LogP) is 1.98. The zero-order chi connectivity index (χ0) is 10.9. The van der Waals surface area contributed by atoms with Gasteiger partial charge in [-0.15, -0.1) is 0 Å². The lowest BCUT2D eigenvalue weighted by atomic mass is 10.0. The molecule has 0 saturated heterocycles. The molecule has 1 aliphatic heterocycles. The molecule has 2 rings (SSSR count). The maximum atomic E-state index is 10.2. The Bertz CT molecular complexity index is 382. The number of carbonyl (C=O) groups excluding carboxylic acids is 1. The Labute approximate surface area is 89.0 Å². The second-order valence-electron chi connectivity index (χ2n) is 4.26. The quantitative estimate of drug-likeness (QED) is 0.709. The summed E-state index contributed by atoms with van der Waals surface area (Å²) in [4.78, 5) is 10.2. The number of fused-ring (bicyclic) bond motifs is 1. The zero-order valence-electron chi connectivity index (χ0n) is 8.95. The summed E-state index contributed by atoms with van der Waals surface area (Å²) >= 11 is 0. The molecule has 0 aromatic heterocycles. The summed E-state index contributed by atoms with van der Waals surface area (Å²) in [5, 5.41) is 0. The number of ether oxygens (including phenoxy) is 2. The van der Waals surface area contributed by atoms with Gasteiger partial charge in [-0.05, 0) is 19.9 Å². The molecule has 0 saturated carbocycles. The predicted molar refractivity (Wildman–Crippen MR) is 56.4 cm³/mol. The second-order valence-corrected chi connectivity index (χ2v) is 4.26. The van der Waals surface area contributed by atoms with Crippen LogP contribution in [0.15, 0.2) is 18.2 Å². The van der Waals surface area contributed by atoms with Crippen molar-refractivity contribution in [2.75, 3.05) is 6.61 Å². The maximum absolute atomic E-state index is 10.2. The molecule has 0 unspecified atom stereocenters. The van der Waals surface area contributed by atoms with Gasteiger partial charge in [-0.1, -0.05) is 12.1 Å². The molecule has 15 heavy (non-hydrogen) atoms. The number of aldehydes is 1. The molecule has 0 bridgehead atoms. The summed E-state index contributed by atoms with van der Waals surface area (Å²) in [6, 6.07) is 5.77. The fourth-order valence-corrected chi connectivity index (χ4v) is 1.82. The lowest BCUT2D eigenvalue weighted by Crippen LogP contribution is -2.24. The summed E-state index contributed by atoms with van der Waals surface area (Å²) < 4.78 is 11.1. The molecular weight excluding hydrogens is 192 g/mol. The summed E-state index contributed by atoms with van der Waals surface area (Å²) in [6.45, 7) is 4.15. The van der Waals surface area contributed by atoms with Gasteiger partial charge in [0.15, 0.2) is 17.8 Å². The van der Waals surface area contributed by atoms with E-state index in [2.05, 4.69) is 0 Å². The van der Waals surface area contributed by atoms with Crippen LogP contribution in [0.2, 0.25) is 0 Å². The Hall–Kier alpha value is -1.51. The van der Waals surface area contributed by atoms with E-state index in [1.165, 1.54) is 0 Å². The number of hydrogen-bond acceptors (Lipinski definition) is 3. The van der Waals surface area contributed by atoms with Crippen molar-refractivity contribution in [3.05, 3.63) is 23.8 Å². The van der Waals surface area contributed by atoms with Gasteiger partial charge in [0.25, 0.3) is 0 Å². The minimum absolute atomic E-state index is 0.0697. The fraction of sp³-hybridized carbons (Fsp3) is 0.417.